The van der Waals surface area contributed by atoms with Crippen molar-refractivity contribution in [3.63, 3.8) is 0 Å². The zero-order valence-electron chi connectivity index (χ0n) is 15.5. The Morgan fingerprint density at radius 1 is 1.04 bits per heavy atom. The largest absolute Gasteiger partial charge is 0.322 e. The number of para-hydroxylation sites is 1. The minimum atomic E-state index is -0.208. The number of amides is 1. The maximum absolute atomic E-state index is 12.5. The lowest BCUT2D eigenvalue weighted by molar-refractivity contribution is 0.102. The molecule has 136 valence electrons. The second kappa shape index (κ2) is 7.19. The average molecular weight is 358 g/mol. The van der Waals surface area contributed by atoms with Gasteiger partial charge in [0, 0.05) is 30.3 Å². The molecular weight excluding hydrogens is 336 g/mol. The van der Waals surface area contributed by atoms with Gasteiger partial charge >= 0.3 is 0 Å². The second-order valence-electron chi connectivity index (χ2n) is 7.03. The van der Waals surface area contributed by atoms with Gasteiger partial charge in [0.25, 0.3) is 5.91 Å². The van der Waals surface area contributed by atoms with Crippen molar-refractivity contribution in [1.82, 2.24) is 9.97 Å². The van der Waals surface area contributed by atoms with E-state index in [1.54, 1.807) is 12.4 Å². The Morgan fingerprint density at radius 2 is 1.74 bits per heavy atom. The monoisotopic (exact) mass is 358 g/mol. The highest BCUT2D eigenvalue weighted by Crippen LogP contribution is 2.31. The highest BCUT2D eigenvalue weighted by molar-refractivity contribution is 6.03. The van der Waals surface area contributed by atoms with Crippen LogP contribution in [0.1, 0.15) is 41.3 Å². The first kappa shape index (κ1) is 17.2. The predicted molar refractivity (Wildman–Crippen MR) is 108 cm³/mol. The van der Waals surface area contributed by atoms with Crippen molar-refractivity contribution < 1.29 is 4.79 Å². The summed E-state index contributed by atoms with van der Waals surface area (Å²) in [6, 6.07) is 16.2. The molecule has 3 aromatic rings. The summed E-state index contributed by atoms with van der Waals surface area (Å²) in [4.78, 5) is 23.4. The van der Waals surface area contributed by atoms with Crippen LogP contribution in [0, 0.1) is 0 Å². The molecule has 27 heavy (non-hydrogen) atoms. The topological polar surface area (TPSA) is 58.1 Å². The molecule has 1 aliphatic heterocycles. The number of carbonyl (C=O) groups excluding carboxylic acids is 1. The maximum atomic E-state index is 12.5. The van der Waals surface area contributed by atoms with E-state index in [0.29, 0.717) is 17.4 Å². The van der Waals surface area contributed by atoms with Crippen LogP contribution in [0.15, 0.2) is 60.9 Å². The lowest BCUT2D eigenvalue weighted by atomic mass is 10.0. The van der Waals surface area contributed by atoms with Gasteiger partial charge in [-0.25, -0.2) is 9.97 Å². The standard InChI is InChI=1S/C22H22N4O/c1-15(2)16-7-9-19(10-8-16)25-21(27)18-13-23-22(24-14-18)26-12-11-17-5-3-4-6-20(17)26/h3-10,13-15H,11-12H2,1-2H3,(H,25,27). The first-order valence-corrected chi connectivity index (χ1v) is 9.20. The first-order chi connectivity index (χ1) is 13.1. The van der Waals surface area contributed by atoms with Crippen LogP contribution in [0.5, 0.6) is 0 Å². The zero-order chi connectivity index (χ0) is 18.8. The van der Waals surface area contributed by atoms with Gasteiger partial charge in [0.05, 0.1) is 5.56 Å². The molecule has 0 fully saturated rings. The predicted octanol–water partition coefficient (Wildman–Crippen LogP) is 4.55. The molecule has 0 bridgehead atoms. The van der Waals surface area contributed by atoms with Crippen molar-refractivity contribution in [2.75, 3.05) is 16.8 Å². The summed E-state index contributed by atoms with van der Waals surface area (Å²) >= 11 is 0. The minimum absolute atomic E-state index is 0.208. The maximum Gasteiger partial charge on any atom is 0.258 e. The van der Waals surface area contributed by atoms with Gasteiger partial charge < -0.3 is 10.2 Å². The Balaban J connectivity index is 1.47. The lowest BCUT2D eigenvalue weighted by Crippen LogP contribution is -2.18. The fourth-order valence-electron chi connectivity index (χ4n) is 3.28. The number of fused-ring (bicyclic) bond motifs is 1. The Kier molecular flexibility index (Phi) is 4.59. The van der Waals surface area contributed by atoms with Crippen molar-refractivity contribution in [2.45, 2.75) is 26.2 Å². The van der Waals surface area contributed by atoms with Gasteiger partial charge in [-0.1, -0.05) is 44.2 Å². The molecule has 5 heteroatoms. The van der Waals surface area contributed by atoms with Gasteiger partial charge in [-0.3, -0.25) is 4.79 Å². The minimum Gasteiger partial charge on any atom is -0.322 e. The molecule has 1 amide bonds. The van der Waals surface area contributed by atoms with E-state index in [4.69, 9.17) is 0 Å². The molecule has 0 radical (unpaired) electrons. The third-order valence-corrected chi connectivity index (χ3v) is 4.86. The quantitative estimate of drug-likeness (QED) is 0.743. The molecule has 1 aliphatic rings. The summed E-state index contributed by atoms with van der Waals surface area (Å²) in [7, 11) is 0. The molecule has 2 heterocycles. The van der Waals surface area contributed by atoms with Crippen molar-refractivity contribution in [3.8, 4) is 0 Å². The van der Waals surface area contributed by atoms with Crippen molar-refractivity contribution in [3.05, 3.63) is 77.6 Å². The Bertz CT molecular complexity index is 949. The van der Waals surface area contributed by atoms with Crippen LogP contribution >= 0.6 is 0 Å². The van der Waals surface area contributed by atoms with Crippen LogP contribution in [0.3, 0.4) is 0 Å². The van der Waals surface area contributed by atoms with Crippen LogP contribution in [0.4, 0.5) is 17.3 Å². The van der Waals surface area contributed by atoms with E-state index in [0.717, 1.165) is 24.3 Å². The third-order valence-electron chi connectivity index (χ3n) is 4.86. The smallest absolute Gasteiger partial charge is 0.258 e. The summed E-state index contributed by atoms with van der Waals surface area (Å²) in [5.74, 6) is 0.880. The van der Waals surface area contributed by atoms with Crippen LogP contribution < -0.4 is 10.2 Å². The molecule has 1 aromatic heterocycles. The molecular formula is C22H22N4O. The van der Waals surface area contributed by atoms with E-state index >= 15 is 0 Å². The molecule has 0 atom stereocenters. The highest BCUT2D eigenvalue weighted by atomic mass is 16.1. The number of aromatic nitrogens is 2. The number of nitrogens with one attached hydrogen (secondary N) is 1. The zero-order valence-corrected chi connectivity index (χ0v) is 15.5. The molecule has 0 aliphatic carbocycles. The van der Waals surface area contributed by atoms with Gasteiger partial charge in [0.1, 0.15) is 0 Å². The van der Waals surface area contributed by atoms with Gasteiger partial charge in [0.15, 0.2) is 0 Å². The normalized spacial score (nSPS) is 12.9. The number of nitrogens with zero attached hydrogens (tertiary/aromatic N) is 3. The lowest BCUT2D eigenvalue weighted by Gasteiger charge is -2.17. The first-order valence-electron chi connectivity index (χ1n) is 9.20. The fourth-order valence-corrected chi connectivity index (χ4v) is 3.28. The van der Waals surface area contributed by atoms with Gasteiger partial charge in [0.2, 0.25) is 5.95 Å². The van der Waals surface area contributed by atoms with Crippen LogP contribution in [-0.4, -0.2) is 22.4 Å². The molecule has 1 N–H and O–H groups in total. The van der Waals surface area contributed by atoms with Crippen LogP contribution in [0.2, 0.25) is 0 Å². The second-order valence-corrected chi connectivity index (χ2v) is 7.03. The molecule has 2 aromatic carbocycles. The van der Waals surface area contributed by atoms with Crippen LogP contribution in [0.25, 0.3) is 0 Å². The molecule has 5 nitrogen and oxygen atoms in total. The third kappa shape index (κ3) is 3.53. The average Bonchev–Trinajstić information content (AvgIpc) is 3.12. The SMILES string of the molecule is CC(C)c1ccc(NC(=O)c2cnc(N3CCc4ccccc43)nc2)cc1. The molecule has 0 saturated carbocycles. The number of rotatable bonds is 4. The van der Waals surface area contributed by atoms with Crippen molar-refractivity contribution in [1.29, 1.82) is 0 Å². The van der Waals surface area contributed by atoms with E-state index in [1.807, 2.05) is 36.4 Å². The fraction of sp³-hybridized carbons (Fsp3) is 0.227. The Labute approximate surface area is 159 Å². The number of hydrogen-bond donors (Lipinski definition) is 1. The molecule has 4 rings (SSSR count). The molecule has 0 unspecified atom stereocenters. The summed E-state index contributed by atoms with van der Waals surface area (Å²) in [5, 5.41) is 2.90. The number of hydrogen-bond acceptors (Lipinski definition) is 4. The van der Waals surface area contributed by atoms with Crippen LogP contribution in [-0.2, 0) is 6.42 Å². The Morgan fingerprint density at radius 3 is 2.44 bits per heavy atom. The number of benzene rings is 2. The van der Waals surface area contributed by atoms with E-state index < -0.39 is 0 Å². The summed E-state index contributed by atoms with van der Waals surface area (Å²) in [6.45, 7) is 5.14. The summed E-state index contributed by atoms with van der Waals surface area (Å²) in [6.07, 6.45) is 4.15. The van der Waals surface area contributed by atoms with E-state index in [-0.39, 0.29) is 5.91 Å². The van der Waals surface area contributed by atoms with E-state index in [1.165, 1.54) is 11.1 Å². The molecule has 0 spiro atoms. The summed E-state index contributed by atoms with van der Waals surface area (Å²) < 4.78 is 0. The Hall–Kier alpha value is -3.21. The number of carbonyl (C=O) groups is 1. The summed E-state index contributed by atoms with van der Waals surface area (Å²) in [5.41, 5.74) is 4.89. The number of anilines is 3. The van der Waals surface area contributed by atoms with E-state index in [9.17, 15) is 4.79 Å². The van der Waals surface area contributed by atoms with Crippen molar-refractivity contribution in [2.24, 2.45) is 0 Å². The van der Waals surface area contributed by atoms with Gasteiger partial charge in [-0.05, 0) is 41.7 Å². The van der Waals surface area contributed by atoms with Gasteiger partial charge in [-0.15, -0.1) is 0 Å². The highest BCUT2D eigenvalue weighted by Gasteiger charge is 2.22. The van der Waals surface area contributed by atoms with E-state index in [2.05, 4.69) is 46.2 Å². The molecule has 0 saturated heterocycles. The van der Waals surface area contributed by atoms with Gasteiger partial charge in [-0.2, -0.15) is 0 Å². The van der Waals surface area contributed by atoms with Crippen molar-refractivity contribution >= 4 is 23.2 Å².